The van der Waals surface area contributed by atoms with Gasteiger partial charge >= 0.3 is 5.97 Å². The maximum atomic E-state index is 10.8. The van der Waals surface area contributed by atoms with Gasteiger partial charge in [0.2, 0.25) is 0 Å². The molecule has 20 heavy (non-hydrogen) atoms. The van der Waals surface area contributed by atoms with Gasteiger partial charge in [0, 0.05) is 23.8 Å². The molecule has 0 saturated heterocycles. The number of thiol groups is 1. The first-order valence-corrected chi connectivity index (χ1v) is 7.54. The summed E-state index contributed by atoms with van der Waals surface area (Å²) >= 11 is 5.92. The number of aryl methyl sites for hydroxylation is 1. The molecule has 0 bridgehead atoms. The van der Waals surface area contributed by atoms with Gasteiger partial charge in [0.1, 0.15) is 4.34 Å². The van der Waals surface area contributed by atoms with E-state index in [9.17, 15) is 4.79 Å². The number of fused-ring (bicyclic) bond motifs is 3. The lowest BCUT2D eigenvalue weighted by atomic mass is 10.00. The average Bonchev–Trinajstić information content (AvgIpc) is 2.90. The Morgan fingerprint density at radius 2 is 2.30 bits per heavy atom. The van der Waals surface area contributed by atoms with Crippen molar-refractivity contribution in [2.75, 3.05) is 0 Å². The molecule has 0 unspecified atom stereocenters. The highest BCUT2D eigenvalue weighted by Crippen LogP contribution is 2.44. The topological polar surface area (TPSA) is 48.4 Å². The molecular formula is C14H13NO3S2. The number of carbonyl (C=O) groups excluding carboxylic acids is 1. The molecule has 1 aromatic heterocycles. The summed E-state index contributed by atoms with van der Waals surface area (Å²) < 4.78 is 0.794. The number of hydrogen-bond acceptors (Lipinski definition) is 6. The van der Waals surface area contributed by atoms with Crippen molar-refractivity contribution in [3.63, 3.8) is 0 Å². The van der Waals surface area contributed by atoms with Gasteiger partial charge in [-0.05, 0) is 29.7 Å². The predicted octanol–water partition coefficient (Wildman–Crippen LogP) is 3.42. The summed E-state index contributed by atoms with van der Waals surface area (Å²) in [6.07, 6.45) is 1.69. The van der Waals surface area contributed by atoms with Gasteiger partial charge in [0.15, 0.2) is 5.75 Å². The molecule has 0 aliphatic heterocycles. The van der Waals surface area contributed by atoms with Crippen LogP contribution in [0.4, 0.5) is 0 Å². The Bertz CT molecular complexity index is 694. The third-order valence-electron chi connectivity index (χ3n) is 3.19. The van der Waals surface area contributed by atoms with Crippen LogP contribution in [0.3, 0.4) is 0 Å². The van der Waals surface area contributed by atoms with Crippen LogP contribution >= 0.6 is 24.0 Å². The van der Waals surface area contributed by atoms with E-state index in [1.54, 1.807) is 11.3 Å². The van der Waals surface area contributed by atoms with Crippen LogP contribution < -0.4 is 4.89 Å². The van der Waals surface area contributed by atoms with E-state index >= 15 is 0 Å². The van der Waals surface area contributed by atoms with E-state index in [4.69, 9.17) is 4.89 Å². The van der Waals surface area contributed by atoms with Crippen molar-refractivity contribution in [3.8, 4) is 17.0 Å². The second kappa shape index (κ2) is 5.10. The molecule has 0 spiro atoms. The first-order valence-electron chi connectivity index (χ1n) is 6.28. The minimum absolute atomic E-state index is 0.468. The number of rotatable bonds is 3. The van der Waals surface area contributed by atoms with Gasteiger partial charge in [0.25, 0.3) is 0 Å². The quantitative estimate of drug-likeness (QED) is 0.457. The Kier molecular flexibility index (Phi) is 3.43. The summed E-state index contributed by atoms with van der Waals surface area (Å²) in [5.41, 5.74) is 4.51. The SMILES string of the molecule is CCc1cc(OOC(C)=O)cc2c1-c1nc(S)sc1C2. The largest absolute Gasteiger partial charge is 0.352 e. The molecule has 0 fully saturated rings. The highest BCUT2D eigenvalue weighted by molar-refractivity contribution is 7.82. The summed E-state index contributed by atoms with van der Waals surface area (Å²) in [7, 11) is 0. The fraction of sp³-hybridized carbons (Fsp3) is 0.286. The summed E-state index contributed by atoms with van der Waals surface area (Å²) in [6, 6.07) is 3.80. The zero-order valence-corrected chi connectivity index (χ0v) is 12.8. The fourth-order valence-electron chi connectivity index (χ4n) is 2.44. The van der Waals surface area contributed by atoms with Crippen molar-refractivity contribution in [3.05, 3.63) is 28.1 Å². The number of nitrogens with zero attached hydrogens (tertiary/aromatic N) is 1. The lowest BCUT2D eigenvalue weighted by Crippen LogP contribution is -2.04. The van der Waals surface area contributed by atoms with Gasteiger partial charge in [-0.2, -0.15) is 0 Å². The molecule has 6 heteroatoms. The highest BCUT2D eigenvalue weighted by atomic mass is 32.2. The van der Waals surface area contributed by atoms with Crippen LogP contribution in [0.25, 0.3) is 11.3 Å². The van der Waals surface area contributed by atoms with E-state index in [2.05, 4.69) is 29.4 Å². The van der Waals surface area contributed by atoms with Crippen molar-refractivity contribution in [1.29, 1.82) is 0 Å². The molecule has 0 atom stereocenters. The number of benzene rings is 1. The minimum atomic E-state index is -0.468. The van der Waals surface area contributed by atoms with Gasteiger partial charge in [-0.15, -0.1) is 24.0 Å². The standard InChI is InChI=1S/C14H13NO3S2/c1-3-8-4-10(18-17-7(2)16)5-9-6-11-13(12(8)9)15-14(19)20-11/h4-5H,3,6H2,1-2H3,(H,15,19). The summed E-state index contributed by atoms with van der Waals surface area (Å²) in [4.78, 5) is 26.2. The van der Waals surface area contributed by atoms with E-state index in [1.807, 2.05) is 12.1 Å². The monoisotopic (exact) mass is 307 g/mol. The number of thiazole rings is 1. The Balaban J connectivity index is 2.02. The molecule has 2 aromatic rings. The van der Waals surface area contributed by atoms with Crippen molar-refractivity contribution < 1.29 is 14.6 Å². The second-order valence-corrected chi connectivity index (χ2v) is 6.38. The van der Waals surface area contributed by atoms with Crippen LogP contribution in [0.1, 0.15) is 29.9 Å². The lowest BCUT2D eigenvalue weighted by Gasteiger charge is -2.10. The summed E-state index contributed by atoms with van der Waals surface area (Å²) in [5.74, 6) is 0.0843. The molecule has 0 amide bonds. The van der Waals surface area contributed by atoms with Crippen LogP contribution in [-0.4, -0.2) is 11.0 Å². The van der Waals surface area contributed by atoms with E-state index in [0.29, 0.717) is 5.75 Å². The summed E-state index contributed by atoms with van der Waals surface area (Å²) in [6.45, 7) is 3.39. The number of carbonyl (C=O) groups is 1. The molecule has 0 N–H and O–H groups in total. The third-order valence-corrected chi connectivity index (χ3v) is 4.42. The molecule has 3 rings (SSSR count). The van der Waals surface area contributed by atoms with E-state index in [0.717, 1.165) is 34.0 Å². The molecule has 1 aliphatic rings. The molecule has 104 valence electrons. The van der Waals surface area contributed by atoms with E-state index < -0.39 is 5.97 Å². The predicted molar refractivity (Wildman–Crippen MR) is 79.4 cm³/mol. The normalized spacial score (nSPS) is 11.9. The van der Waals surface area contributed by atoms with Gasteiger partial charge in [0.05, 0.1) is 5.69 Å². The molecule has 1 aliphatic carbocycles. The molecule has 0 radical (unpaired) electrons. The van der Waals surface area contributed by atoms with Gasteiger partial charge < -0.3 is 0 Å². The van der Waals surface area contributed by atoms with E-state index in [1.165, 1.54) is 17.4 Å². The Morgan fingerprint density at radius 3 is 3.00 bits per heavy atom. The third kappa shape index (κ3) is 2.29. The van der Waals surface area contributed by atoms with Gasteiger partial charge in [-0.1, -0.05) is 6.92 Å². The first-order chi connectivity index (χ1) is 9.58. The second-order valence-electron chi connectivity index (χ2n) is 4.57. The minimum Gasteiger partial charge on any atom is -0.287 e. The van der Waals surface area contributed by atoms with E-state index in [-0.39, 0.29) is 0 Å². The Morgan fingerprint density at radius 1 is 1.50 bits per heavy atom. The number of aromatic nitrogens is 1. The lowest BCUT2D eigenvalue weighted by molar-refractivity contribution is -0.210. The summed E-state index contributed by atoms with van der Waals surface area (Å²) in [5, 5.41) is 0. The smallest absolute Gasteiger partial charge is 0.287 e. The van der Waals surface area contributed by atoms with Crippen LogP contribution in [0.15, 0.2) is 16.5 Å². The molecule has 1 aromatic carbocycles. The maximum Gasteiger partial charge on any atom is 0.352 e. The van der Waals surface area contributed by atoms with Crippen LogP contribution in [-0.2, 0) is 22.5 Å². The zero-order chi connectivity index (χ0) is 14.3. The Labute approximate surface area is 126 Å². The Hall–Kier alpha value is -1.53. The van der Waals surface area contributed by atoms with Crippen LogP contribution in [0, 0.1) is 0 Å². The van der Waals surface area contributed by atoms with Crippen molar-refractivity contribution >= 4 is 29.9 Å². The highest BCUT2D eigenvalue weighted by Gasteiger charge is 2.26. The molecule has 1 heterocycles. The number of hydrogen-bond donors (Lipinski definition) is 1. The molecule has 0 saturated carbocycles. The molecule has 4 nitrogen and oxygen atoms in total. The van der Waals surface area contributed by atoms with Gasteiger partial charge in [-0.3, -0.25) is 9.78 Å². The van der Waals surface area contributed by atoms with Gasteiger partial charge in [-0.25, -0.2) is 9.78 Å². The average molecular weight is 307 g/mol. The maximum absolute atomic E-state index is 10.8. The van der Waals surface area contributed by atoms with Crippen molar-refractivity contribution in [2.45, 2.75) is 31.0 Å². The molecular weight excluding hydrogens is 294 g/mol. The van der Waals surface area contributed by atoms with Crippen molar-refractivity contribution in [2.24, 2.45) is 0 Å². The van der Waals surface area contributed by atoms with Crippen molar-refractivity contribution in [1.82, 2.24) is 4.98 Å². The van der Waals surface area contributed by atoms with Crippen LogP contribution in [0.2, 0.25) is 0 Å². The zero-order valence-electron chi connectivity index (χ0n) is 11.1. The first kappa shape index (κ1) is 13.5. The fourth-order valence-corrected chi connectivity index (χ4v) is 3.70. The van der Waals surface area contributed by atoms with Crippen LogP contribution in [0.5, 0.6) is 5.75 Å².